The Morgan fingerprint density at radius 3 is 2.65 bits per heavy atom. The summed E-state index contributed by atoms with van der Waals surface area (Å²) in [6.45, 7) is 5.67. The lowest BCUT2D eigenvalue weighted by molar-refractivity contribution is 0.427. The molecule has 0 bridgehead atoms. The summed E-state index contributed by atoms with van der Waals surface area (Å²) in [4.78, 5) is 0.223. The molecule has 0 amide bonds. The second-order valence-corrected chi connectivity index (χ2v) is 6.60. The molecule has 1 heterocycles. The van der Waals surface area contributed by atoms with Gasteiger partial charge in [-0.2, -0.15) is 0 Å². The van der Waals surface area contributed by atoms with Gasteiger partial charge in [0.15, 0.2) is 0 Å². The van der Waals surface area contributed by atoms with Crippen LogP contribution in [0.25, 0.3) is 0 Å². The van der Waals surface area contributed by atoms with Crippen LogP contribution in [-0.2, 0) is 16.6 Å². The molecule has 0 saturated heterocycles. The maximum atomic E-state index is 12.1. The van der Waals surface area contributed by atoms with Gasteiger partial charge in [-0.3, -0.25) is 0 Å². The Balaban J connectivity index is 2.09. The molecule has 2 rings (SSSR count). The van der Waals surface area contributed by atoms with Crippen LogP contribution >= 0.6 is 0 Å². The first-order valence-corrected chi connectivity index (χ1v) is 7.75. The predicted octanol–water partition coefficient (Wildman–Crippen LogP) is 1.98. The number of rotatable bonds is 5. The zero-order chi connectivity index (χ0) is 14.8. The van der Waals surface area contributed by atoms with Crippen LogP contribution < -0.4 is 4.72 Å². The molecule has 0 fully saturated rings. The van der Waals surface area contributed by atoms with Gasteiger partial charge in [0.2, 0.25) is 21.8 Å². The summed E-state index contributed by atoms with van der Waals surface area (Å²) in [6.07, 6.45) is 0. The molecule has 1 N–H and O–H groups in total. The van der Waals surface area contributed by atoms with Crippen LogP contribution in [0.15, 0.2) is 33.6 Å². The Bertz CT molecular complexity index is 692. The fourth-order valence-electron chi connectivity index (χ4n) is 1.59. The fourth-order valence-corrected chi connectivity index (χ4v) is 2.67. The van der Waals surface area contributed by atoms with E-state index in [1.165, 1.54) is 0 Å². The fraction of sp³-hybridized carbons (Fsp3) is 0.385. The maximum absolute atomic E-state index is 12.1. The molecule has 0 aliphatic heterocycles. The van der Waals surface area contributed by atoms with Crippen LogP contribution in [0.1, 0.15) is 37.1 Å². The molecule has 1 aromatic carbocycles. The second kappa shape index (κ2) is 5.72. The zero-order valence-electron chi connectivity index (χ0n) is 11.6. The van der Waals surface area contributed by atoms with E-state index in [1.807, 2.05) is 26.8 Å². The highest BCUT2D eigenvalue weighted by atomic mass is 32.2. The largest absolute Gasteiger partial charge is 0.424 e. The van der Waals surface area contributed by atoms with Gasteiger partial charge in [0, 0.05) is 5.92 Å². The normalized spacial score (nSPS) is 12.0. The number of hydrogen-bond donors (Lipinski definition) is 1. The monoisotopic (exact) mass is 295 g/mol. The lowest BCUT2D eigenvalue weighted by atomic mass is 10.2. The molecule has 7 heteroatoms. The first kappa shape index (κ1) is 14.7. The van der Waals surface area contributed by atoms with Gasteiger partial charge in [-0.15, -0.1) is 10.2 Å². The first-order valence-electron chi connectivity index (χ1n) is 6.27. The molecule has 0 unspecified atom stereocenters. The van der Waals surface area contributed by atoms with Crippen LogP contribution in [0.5, 0.6) is 0 Å². The number of nitrogens with zero attached hydrogens (tertiary/aromatic N) is 2. The lowest BCUT2D eigenvalue weighted by Gasteiger charge is -2.05. The predicted molar refractivity (Wildman–Crippen MR) is 73.6 cm³/mol. The van der Waals surface area contributed by atoms with Gasteiger partial charge in [0.05, 0.1) is 11.4 Å². The number of aromatic nitrogens is 2. The van der Waals surface area contributed by atoms with E-state index in [1.54, 1.807) is 18.2 Å². The van der Waals surface area contributed by atoms with E-state index in [4.69, 9.17) is 4.42 Å². The van der Waals surface area contributed by atoms with Crippen LogP contribution in [0, 0.1) is 6.92 Å². The van der Waals surface area contributed by atoms with Crippen molar-refractivity contribution in [1.29, 1.82) is 0 Å². The van der Waals surface area contributed by atoms with Crippen molar-refractivity contribution >= 4 is 10.0 Å². The van der Waals surface area contributed by atoms with Crippen molar-refractivity contribution in [3.05, 3.63) is 41.6 Å². The van der Waals surface area contributed by atoms with E-state index in [2.05, 4.69) is 14.9 Å². The standard InChI is InChI=1S/C13H17N3O3S/c1-9(2)13-16-15-12(19-13)8-14-20(17,18)11-6-4-5-10(3)7-11/h4-7,9,14H,8H2,1-3H3. The minimum absolute atomic E-state index is 0.0179. The van der Waals surface area contributed by atoms with Crippen molar-refractivity contribution in [1.82, 2.24) is 14.9 Å². The highest BCUT2D eigenvalue weighted by Gasteiger charge is 2.16. The van der Waals surface area contributed by atoms with Crippen molar-refractivity contribution in [3.8, 4) is 0 Å². The molecule has 6 nitrogen and oxygen atoms in total. The van der Waals surface area contributed by atoms with Gasteiger partial charge < -0.3 is 4.42 Å². The topological polar surface area (TPSA) is 85.1 Å². The molecule has 1 aromatic heterocycles. The Kier molecular flexibility index (Phi) is 4.20. The molecular formula is C13H17N3O3S. The molecule has 0 atom stereocenters. The third kappa shape index (κ3) is 3.43. The molecule has 0 aliphatic carbocycles. The zero-order valence-corrected chi connectivity index (χ0v) is 12.4. The average molecular weight is 295 g/mol. The van der Waals surface area contributed by atoms with Gasteiger partial charge in [0.25, 0.3) is 0 Å². The summed E-state index contributed by atoms with van der Waals surface area (Å²) in [5.74, 6) is 0.865. The lowest BCUT2D eigenvalue weighted by Crippen LogP contribution is -2.23. The SMILES string of the molecule is Cc1cccc(S(=O)(=O)NCc2nnc(C(C)C)o2)c1. The highest BCUT2D eigenvalue weighted by molar-refractivity contribution is 7.89. The quantitative estimate of drug-likeness (QED) is 0.911. The van der Waals surface area contributed by atoms with Crippen molar-refractivity contribution in [2.75, 3.05) is 0 Å². The average Bonchev–Trinajstić information content (AvgIpc) is 2.85. The van der Waals surface area contributed by atoms with Crippen LogP contribution in [0.2, 0.25) is 0 Å². The van der Waals surface area contributed by atoms with Gasteiger partial charge in [-0.25, -0.2) is 13.1 Å². The summed E-state index contributed by atoms with van der Waals surface area (Å²) in [6, 6.07) is 6.69. The van der Waals surface area contributed by atoms with Gasteiger partial charge in [0.1, 0.15) is 0 Å². The van der Waals surface area contributed by atoms with Gasteiger partial charge in [-0.05, 0) is 24.6 Å². The summed E-state index contributed by atoms with van der Waals surface area (Å²) in [5.41, 5.74) is 0.882. The third-order valence-corrected chi connectivity index (χ3v) is 4.09. The minimum atomic E-state index is -3.57. The van der Waals surface area contributed by atoms with E-state index >= 15 is 0 Å². The Hall–Kier alpha value is -1.73. The van der Waals surface area contributed by atoms with Crippen molar-refractivity contribution in [2.45, 2.75) is 38.1 Å². The Morgan fingerprint density at radius 2 is 2.05 bits per heavy atom. The second-order valence-electron chi connectivity index (χ2n) is 4.83. The Morgan fingerprint density at radius 1 is 1.30 bits per heavy atom. The van der Waals surface area contributed by atoms with Crippen LogP contribution in [0.3, 0.4) is 0 Å². The van der Waals surface area contributed by atoms with Gasteiger partial charge >= 0.3 is 0 Å². The number of sulfonamides is 1. The minimum Gasteiger partial charge on any atom is -0.424 e. The van der Waals surface area contributed by atoms with E-state index in [-0.39, 0.29) is 23.2 Å². The maximum Gasteiger partial charge on any atom is 0.241 e. The number of hydrogen-bond acceptors (Lipinski definition) is 5. The summed E-state index contributed by atoms with van der Waals surface area (Å²) in [5, 5.41) is 7.66. The van der Waals surface area contributed by atoms with Crippen molar-refractivity contribution in [3.63, 3.8) is 0 Å². The Labute approximate surface area is 118 Å². The first-order chi connectivity index (χ1) is 9.38. The van der Waals surface area contributed by atoms with Crippen molar-refractivity contribution in [2.24, 2.45) is 0 Å². The molecule has 20 heavy (non-hydrogen) atoms. The summed E-state index contributed by atoms with van der Waals surface area (Å²) < 4.78 is 32.0. The third-order valence-electron chi connectivity index (χ3n) is 2.69. The molecule has 108 valence electrons. The number of benzene rings is 1. The molecule has 0 spiro atoms. The van der Waals surface area contributed by atoms with Crippen molar-refractivity contribution < 1.29 is 12.8 Å². The molecular weight excluding hydrogens is 278 g/mol. The van der Waals surface area contributed by atoms with E-state index in [0.29, 0.717) is 5.89 Å². The van der Waals surface area contributed by atoms with Gasteiger partial charge in [-0.1, -0.05) is 26.0 Å². The van der Waals surface area contributed by atoms with E-state index < -0.39 is 10.0 Å². The van der Waals surface area contributed by atoms with E-state index in [0.717, 1.165) is 5.56 Å². The van der Waals surface area contributed by atoms with E-state index in [9.17, 15) is 8.42 Å². The summed E-state index contributed by atoms with van der Waals surface area (Å²) >= 11 is 0. The molecule has 2 aromatic rings. The smallest absolute Gasteiger partial charge is 0.241 e. The summed E-state index contributed by atoms with van der Waals surface area (Å²) in [7, 11) is -3.57. The highest BCUT2D eigenvalue weighted by Crippen LogP contribution is 2.13. The van der Waals surface area contributed by atoms with Crippen LogP contribution in [-0.4, -0.2) is 18.6 Å². The molecule has 0 radical (unpaired) electrons. The molecule has 0 aliphatic rings. The number of nitrogens with one attached hydrogen (secondary N) is 1. The number of aryl methyl sites for hydroxylation is 1. The van der Waals surface area contributed by atoms with Crippen LogP contribution in [0.4, 0.5) is 0 Å². The molecule has 0 saturated carbocycles.